The van der Waals surface area contributed by atoms with Crippen LogP contribution >= 0.6 is 0 Å². The van der Waals surface area contributed by atoms with Crippen LogP contribution in [-0.4, -0.2) is 47.9 Å². The van der Waals surface area contributed by atoms with Gasteiger partial charge in [-0.15, -0.1) is 0 Å². The van der Waals surface area contributed by atoms with Crippen LogP contribution in [0, 0.1) is 0 Å². The first-order valence-electron chi connectivity index (χ1n) is 6.97. The minimum absolute atomic E-state index is 0.0145. The summed E-state index contributed by atoms with van der Waals surface area (Å²) < 4.78 is 0. The van der Waals surface area contributed by atoms with Crippen molar-refractivity contribution in [3.05, 3.63) is 29.8 Å². The maximum absolute atomic E-state index is 12.2. The van der Waals surface area contributed by atoms with Crippen LogP contribution in [0.2, 0.25) is 0 Å². The number of carbonyl (C=O) groups is 1. The average Bonchev–Trinajstić information content (AvgIpc) is 2.91. The number of likely N-dealkylation sites (N-methyl/N-ethyl adjacent to an activating group) is 1. The summed E-state index contributed by atoms with van der Waals surface area (Å²) in [7, 11) is 0. The summed E-state index contributed by atoms with van der Waals surface area (Å²) in [4.78, 5) is 13.9. The number of hydrogen-bond acceptors (Lipinski definition) is 4. The fourth-order valence-electron chi connectivity index (χ4n) is 2.24. The summed E-state index contributed by atoms with van der Waals surface area (Å²) in [6.45, 7) is 5.77. The molecule has 0 fully saturated rings. The lowest BCUT2D eigenvalue weighted by molar-refractivity contribution is 0.0732. The molecule has 1 aliphatic rings. The smallest absolute Gasteiger partial charge is 0.253 e. The molecule has 1 amide bonds. The number of amides is 1. The normalized spacial score (nSPS) is 14.3. The van der Waals surface area contributed by atoms with Gasteiger partial charge in [-0.05, 0) is 38.1 Å². The summed E-state index contributed by atoms with van der Waals surface area (Å²) in [5.74, 6) is -0.0470. The van der Waals surface area contributed by atoms with Gasteiger partial charge in [-0.25, -0.2) is 0 Å². The van der Waals surface area contributed by atoms with E-state index in [9.17, 15) is 4.79 Å². The molecule has 1 heterocycles. The van der Waals surface area contributed by atoms with Gasteiger partial charge in [-0.2, -0.15) is 5.10 Å². The lowest BCUT2D eigenvalue weighted by Gasteiger charge is -2.20. The molecule has 5 nitrogen and oxygen atoms in total. The molecule has 2 rings (SSSR count). The van der Waals surface area contributed by atoms with Crippen molar-refractivity contribution in [2.45, 2.75) is 20.3 Å². The van der Waals surface area contributed by atoms with E-state index < -0.39 is 0 Å². The summed E-state index contributed by atoms with van der Waals surface area (Å²) in [5.41, 5.74) is 2.78. The number of hydrazone groups is 1. The molecule has 1 aromatic rings. The molecule has 108 valence electrons. The molecular weight excluding hydrogens is 254 g/mol. The first kappa shape index (κ1) is 14.5. The Balaban J connectivity index is 2.09. The van der Waals surface area contributed by atoms with Gasteiger partial charge in [0.25, 0.3) is 5.91 Å². The fourth-order valence-corrected chi connectivity index (χ4v) is 2.24. The lowest BCUT2D eigenvalue weighted by Crippen LogP contribution is -2.33. The highest BCUT2D eigenvalue weighted by atomic mass is 16.3. The Morgan fingerprint density at radius 2 is 2.10 bits per heavy atom. The lowest BCUT2D eigenvalue weighted by atomic mass is 10.1. The van der Waals surface area contributed by atoms with Gasteiger partial charge in [0.2, 0.25) is 0 Å². The largest absolute Gasteiger partial charge is 0.395 e. The van der Waals surface area contributed by atoms with E-state index in [1.807, 2.05) is 43.1 Å². The van der Waals surface area contributed by atoms with E-state index in [0.717, 1.165) is 24.4 Å². The van der Waals surface area contributed by atoms with Crippen LogP contribution in [0.25, 0.3) is 0 Å². The molecular formula is C15H21N3O2. The molecule has 1 aromatic carbocycles. The minimum atomic E-state index is -0.0470. The first-order valence-corrected chi connectivity index (χ1v) is 6.97. The van der Waals surface area contributed by atoms with Gasteiger partial charge in [0.15, 0.2) is 0 Å². The highest BCUT2D eigenvalue weighted by Gasteiger charge is 2.16. The fraction of sp³-hybridized carbons (Fsp3) is 0.467. The molecule has 0 radical (unpaired) electrons. The van der Waals surface area contributed by atoms with Crippen LogP contribution < -0.4 is 5.01 Å². The van der Waals surface area contributed by atoms with Crippen molar-refractivity contribution in [1.82, 2.24) is 4.90 Å². The van der Waals surface area contributed by atoms with Crippen molar-refractivity contribution < 1.29 is 9.90 Å². The number of nitrogens with zero attached hydrogens (tertiary/aromatic N) is 3. The van der Waals surface area contributed by atoms with E-state index in [-0.39, 0.29) is 12.5 Å². The Bertz CT molecular complexity index is 496. The van der Waals surface area contributed by atoms with Crippen molar-refractivity contribution in [3.63, 3.8) is 0 Å². The number of carbonyl (C=O) groups excluding carboxylic acids is 1. The van der Waals surface area contributed by atoms with Crippen LogP contribution in [0.4, 0.5) is 5.69 Å². The Kier molecular flexibility index (Phi) is 4.74. The molecule has 0 unspecified atom stereocenters. The van der Waals surface area contributed by atoms with E-state index in [1.165, 1.54) is 0 Å². The van der Waals surface area contributed by atoms with Crippen molar-refractivity contribution in [2.24, 2.45) is 5.10 Å². The van der Waals surface area contributed by atoms with E-state index in [2.05, 4.69) is 5.10 Å². The third kappa shape index (κ3) is 3.17. The number of aliphatic hydroxyl groups excluding tert-OH is 1. The van der Waals surface area contributed by atoms with Gasteiger partial charge < -0.3 is 10.0 Å². The van der Waals surface area contributed by atoms with Gasteiger partial charge in [-0.3, -0.25) is 9.80 Å². The average molecular weight is 275 g/mol. The SMILES string of the molecule is CCN(CCO)C(=O)c1ccc(N2CCC(C)=N2)cc1. The molecule has 5 heteroatoms. The van der Waals surface area contributed by atoms with Crippen molar-refractivity contribution in [1.29, 1.82) is 0 Å². The molecule has 1 N–H and O–H groups in total. The van der Waals surface area contributed by atoms with Crippen LogP contribution in [0.15, 0.2) is 29.4 Å². The Labute approximate surface area is 119 Å². The number of anilines is 1. The Morgan fingerprint density at radius 3 is 2.60 bits per heavy atom. The maximum atomic E-state index is 12.2. The van der Waals surface area contributed by atoms with Crippen LogP contribution in [0.5, 0.6) is 0 Å². The zero-order chi connectivity index (χ0) is 14.5. The maximum Gasteiger partial charge on any atom is 0.253 e. The molecule has 0 atom stereocenters. The molecule has 0 saturated heterocycles. The van der Waals surface area contributed by atoms with Gasteiger partial charge >= 0.3 is 0 Å². The Hall–Kier alpha value is -1.88. The quantitative estimate of drug-likeness (QED) is 0.890. The predicted octanol–water partition coefficient (Wildman–Crippen LogP) is 1.73. The van der Waals surface area contributed by atoms with Crippen LogP contribution in [-0.2, 0) is 0 Å². The van der Waals surface area contributed by atoms with Gasteiger partial charge in [-0.1, -0.05) is 0 Å². The third-order valence-electron chi connectivity index (χ3n) is 3.43. The minimum Gasteiger partial charge on any atom is -0.395 e. The zero-order valence-electron chi connectivity index (χ0n) is 12.0. The Morgan fingerprint density at radius 1 is 1.40 bits per heavy atom. The number of aliphatic hydroxyl groups is 1. The molecule has 20 heavy (non-hydrogen) atoms. The van der Waals surface area contributed by atoms with E-state index >= 15 is 0 Å². The third-order valence-corrected chi connectivity index (χ3v) is 3.43. The molecule has 0 bridgehead atoms. The molecule has 0 spiro atoms. The second kappa shape index (κ2) is 6.52. The van der Waals surface area contributed by atoms with Gasteiger partial charge in [0.05, 0.1) is 12.3 Å². The van der Waals surface area contributed by atoms with E-state index in [1.54, 1.807) is 4.90 Å². The van der Waals surface area contributed by atoms with Gasteiger partial charge in [0, 0.05) is 37.3 Å². The highest BCUT2D eigenvalue weighted by molar-refractivity contribution is 5.94. The monoisotopic (exact) mass is 275 g/mol. The number of benzene rings is 1. The standard InChI is InChI=1S/C15H21N3O2/c1-3-17(10-11-19)15(20)13-4-6-14(7-5-13)18-9-8-12(2)16-18/h4-7,19H,3,8-11H2,1-2H3. The molecule has 1 aliphatic heterocycles. The number of rotatable bonds is 5. The van der Waals surface area contributed by atoms with Crippen LogP contribution in [0.1, 0.15) is 30.6 Å². The summed E-state index contributed by atoms with van der Waals surface area (Å²) in [5, 5.41) is 15.3. The number of hydrogen-bond donors (Lipinski definition) is 1. The summed E-state index contributed by atoms with van der Waals surface area (Å²) in [6, 6.07) is 7.48. The summed E-state index contributed by atoms with van der Waals surface area (Å²) >= 11 is 0. The molecule has 0 saturated carbocycles. The summed E-state index contributed by atoms with van der Waals surface area (Å²) in [6.07, 6.45) is 0.987. The topological polar surface area (TPSA) is 56.1 Å². The highest BCUT2D eigenvalue weighted by Crippen LogP contribution is 2.20. The second-order valence-electron chi connectivity index (χ2n) is 4.86. The van der Waals surface area contributed by atoms with E-state index in [0.29, 0.717) is 18.7 Å². The van der Waals surface area contributed by atoms with Crippen molar-refractivity contribution >= 4 is 17.3 Å². The van der Waals surface area contributed by atoms with Crippen molar-refractivity contribution in [2.75, 3.05) is 31.3 Å². The zero-order valence-corrected chi connectivity index (χ0v) is 12.0. The first-order chi connectivity index (χ1) is 9.65. The van der Waals surface area contributed by atoms with Crippen molar-refractivity contribution in [3.8, 4) is 0 Å². The molecule has 0 aliphatic carbocycles. The van der Waals surface area contributed by atoms with E-state index in [4.69, 9.17) is 5.11 Å². The van der Waals surface area contributed by atoms with Crippen LogP contribution in [0.3, 0.4) is 0 Å². The predicted molar refractivity (Wildman–Crippen MR) is 80.2 cm³/mol. The molecule has 0 aromatic heterocycles. The van der Waals surface area contributed by atoms with Gasteiger partial charge in [0.1, 0.15) is 0 Å². The second-order valence-corrected chi connectivity index (χ2v) is 4.86.